The van der Waals surface area contributed by atoms with Gasteiger partial charge in [-0.05, 0) is 25.5 Å². The Labute approximate surface area is 88.7 Å². The second-order valence-corrected chi connectivity index (χ2v) is 3.41. The molecule has 0 amide bonds. The van der Waals surface area contributed by atoms with E-state index in [0.717, 1.165) is 5.69 Å². The molecular weight excluding hydrogens is 194 g/mol. The highest BCUT2D eigenvalue weighted by Crippen LogP contribution is 2.12. The van der Waals surface area contributed by atoms with Gasteiger partial charge in [0.05, 0.1) is 5.69 Å². The zero-order valence-electron chi connectivity index (χ0n) is 9.14. The molecule has 1 unspecified atom stereocenters. The first-order valence-electron chi connectivity index (χ1n) is 4.82. The lowest BCUT2D eigenvalue weighted by molar-refractivity contribution is -0.138. The quantitative estimate of drug-likeness (QED) is 0.803. The number of anilines is 1. The van der Waals surface area contributed by atoms with E-state index in [4.69, 9.17) is 5.11 Å². The molecule has 0 aromatic carbocycles. The van der Waals surface area contributed by atoms with Crippen molar-refractivity contribution >= 4 is 11.8 Å². The fraction of sp³-hybridized carbons (Fsp3) is 0.500. The van der Waals surface area contributed by atoms with Gasteiger partial charge in [0.25, 0.3) is 0 Å². The van der Waals surface area contributed by atoms with Crippen LogP contribution >= 0.6 is 0 Å². The van der Waals surface area contributed by atoms with E-state index in [-0.39, 0.29) is 0 Å². The summed E-state index contributed by atoms with van der Waals surface area (Å²) in [6, 6.07) is 3.03. The fourth-order valence-electron chi connectivity index (χ4n) is 1.35. The number of aromatic nitrogens is 2. The highest BCUT2D eigenvalue weighted by Gasteiger charge is 2.21. The van der Waals surface area contributed by atoms with Crippen LogP contribution in [0.15, 0.2) is 12.1 Å². The van der Waals surface area contributed by atoms with Gasteiger partial charge in [-0.1, -0.05) is 6.92 Å². The molecule has 1 aromatic rings. The molecule has 1 N–H and O–H groups in total. The number of carbonyl (C=O) groups is 1. The molecule has 0 fully saturated rings. The van der Waals surface area contributed by atoms with Gasteiger partial charge in [0.15, 0.2) is 5.82 Å². The summed E-state index contributed by atoms with van der Waals surface area (Å²) >= 11 is 0. The highest BCUT2D eigenvalue weighted by molar-refractivity contribution is 5.77. The van der Waals surface area contributed by atoms with Crippen molar-refractivity contribution in [1.82, 2.24) is 10.2 Å². The van der Waals surface area contributed by atoms with Crippen molar-refractivity contribution in [3.63, 3.8) is 0 Å². The van der Waals surface area contributed by atoms with Crippen LogP contribution in [0.5, 0.6) is 0 Å². The average Bonchev–Trinajstić information content (AvgIpc) is 2.19. The van der Waals surface area contributed by atoms with E-state index in [1.54, 1.807) is 18.0 Å². The maximum Gasteiger partial charge on any atom is 0.326 e. The van der Waals surface area contributed by atoms with E-state index in [2.05, 4.69) is 10.2 Å². The number of nitrogens with zero attached hydrogens (tertiary/aromatic N) is 3. The molecule has 0 aliphatic heterocycles. The molecule has 82 valence electrons. The molecule has 0 aliphatic rings. The van der Waals surface area contributed by atoms with Crippen LogP contribution in [0, 0.1) is 6.92 Å². The standard InChI is InChI=1S/C10H15N3O2/c1-4-8(10(14)15)13(3)9-6-5-7(2)11-12-9/h5-6,8H,4H2,1-3H3,(H,14,15). The van der Waals surface area contributed by atoms with Crippen LogP contribution < -0.4 is 4.90 Å². The lowest BCUT2D eigenvalue weighted by atomic mass is 10.2. The fourth-order valence-corrected chi connectivity index (χ4v) is 1.35. The minimum absolute atomic E-state index is 0.529. The molecule has 0 aliphatic carbocycles. The van der Waals surface area contributed by atoms with E-state index >= 15 is 0 Å². The van der Waals surface area contributed by atoms with E-state index in [9.17, 15) is 4.79 Å². The van der Waals surface area contributed by atoms with Crippen molar-refractivity contribution in [1.29, 1.82) is 0 Å². The van der Waals surface area contributed by atoms with Crippen LogP contribution in [0.3, 0.4) is 0 Å². The van der Waals surface area contributed by atoms with Gasteiger partial charge in [-0.3, -0.25) is 0 Å². The van der Waals surface area contributed by atoms with Crippen molar-refractivity contribution in [3.8, 4) is 0 Å². The molecule has 15 heavy (non-hydrogen) atoms. The van der Waals surface area contributed by atoms with Gasteiger partial charge in [-0.25, -0.2) is 4.79 Å². The third-order valence-electron chi connectivity index (χ3n) is 2.28. The number of hydrogen-bond acceptors (Lipinski definition) is 4. The third-order valence-corrected chi connectivity index (χ3v) is 2.28. The van der Waals surface area contributed by atoms with Crippen molar-refractivity contribution in [2.75, 3.05) is 11.9 Å². The van der Waals surface area contributed by atoms with Crippen LogP contribution in [0.4, 0.5) is 5.82 Å². The van der Waals surface area contributed by atoms with Gasteiger partial charge in [-0.15, -0.1) is 5.10 Å². The predicted molar refractivity (Wildman–Crippen MR) is 56.9 cm³/mol. The summed E-state index contributed by atoms with van der Waals surface area (Å²) in [5.41, 5.74) is 0.815. The Morgan fingerprint density at radius 3 is 2.60 bits per heavy atom. The summed E-state index contributed by atoms with van der Waals surface area (Å²) in [6.45, 7) is 3.67. The normalized spacial score (nSPS) is 12.2. The summed E-state index contributed by atoms with van der Waals surface area (Å²) in [5, 5.41) is 16.8. The molecular formula is C10H15N3O2. The minimum Gasteiger partial charge on any atom is -0.480 e. The second kappa shape index (κ2) is 4.72. The molecule has 5 nitrogen and oxygen atoms in total. The molecule has 0 saturated carbocycles. The average molecular weight is 209 g/mol. The van der Waals surface area contributed by atoms with Crippen LogP contribution in [-0.2, 0) is 4.79 Å². The van der Waals surface area contributed by atoms with Crippen LogP contribution in [-0.4, -0.2) is 34.4 Å². The number of aliphatic carboxylic acids is 1. The van der Waals surface area contributed by atoms with Crippen molar-refractivity contribution in [2.45, 2.75) is 26.3 Å². The van der Waals surface area contributed by atoms with E-state index < -0.39 is 12.0 Å². The Morgan fingerprint density at radius 1 is 1.53 bits per heavy atom. The van der Waals surface area contributed by atoms with Gasteiger partial charge in [0, 0.05) is 7.05 Å². The number of aryl methyl sites for hydroxylation is 1. The monoisotopic (exact) mass is 209 g/mol. The Kier molecular flexibility index (Phi) is 3.60. The smallest absolute Gasteiger partial charge is 0.326 e. The van der Waals surface area contributed by atoms with Crippen LogP contribution in [0.1, 0.15) is 19.0 Å². The van der Waals surface area contributed by atoms with Crippen molar-refractivity contribution in [2.24, 2.45) is 0 Å². The number of likely N-dealkylation sites (N-methyl/N-ethyl adjacent to an activating group) is 1. The highest BCUT2D eigenvalue weighted by atomic mass is 16.4. The maximum absolute atomic E-state index is 10.9. The zero-order chi connectivity index (χ0) is 11.4. The molecule has 1 aromatic heterocycles. The molecule has 0 spiro atoms. The molecule has 0 saturated heterocycles. The summed E-state index contributed by atoms with van der Waals surface area (Å²) in [4.78, 5) is 12.5. The molecule has 0 radical (unpaired) electrons. The van der Waals surface area contributed by atoms with Crippen LogP contribution in [0.25, 0.3) is 0 Å². The van der Waals surface area contributed by atoms with E-state index in [1.165, 1.54) is 0 Å². The molecule has 1 atom stereocenters. The number of carboxylic acids is 1. The number of rotatable bonds is 4. The summed E-state index contributed by atoms with van der Waals surface area (Å²) in [5.74, 6) is -0.266. The predicted octanol–water partition coefficient (Wildman–Crippen LogP) is 1.08. The topological polar surface area (TPSA) is 66.3 Å². The Bertz CT molecular complexity index is 337. The summed E-state index contributed by atoms with van der Waals surface area (Å²) < 4.78 is 0. The first kappa shape index (κ1) is 11.4. The molecule has 1 rings (SSSR count). The van der Waals surface area contributed by atoms with Crippen LogP contribution in [0.2, 0.25) is 0 Å². The molecule has 5 heteroatoms. The lowest BCUT2D eigenvalue weighted by Crippen LogP contribution is -2.38. The first-order chi connectivity index (χ1) is 7.06. The number of hydrogen-bond donors (Lipinski definition) is 1. The Morgan fingerprint density at radius 2 is 2.20 bits per heavy atom. The lowest BCUT2D eigenvalue weighted by Gasteiger charge is -2.24. The van der Waals surface area contributed by atoms with Crippen molar-refractivity contribution in [3.05, 3.63) is 17.8 Å². The van der Waals surface area contributed by atoms with Crippen molar-refractivity contribution < 1.29 is 9.90 Å². The molecule has 0 bridgehead atoms. The Hall–Kier alpha value is -1.65. The maximum atomic E-state index is 10.9. The zero-order valence-corrected chi connectivity index (χ0v) is 9.14. The first-order valence-corrected chi connectivity index (χ1v) is 4.82. The largest absolute Gasteiger partial charge is 0.480 e. The van der Waals surface area contributed by atoms with Gasteiger partial charge >= 0.3 is 5.97 Å². The van der Waals surface area contributed by atoms with E-state index in [1.807, 2.05) is 19.9 Å². The van der Waals surface area contributed by atoms with E-state index in [0.29, 0.717) is 12.2 Å². The third kappa shape index (κ3) is 2.65. The SMILES string of the molecule is CCC(C(=O)O)N(C)c1ccc(C)nn1. The second-order valence-electron chi connectivity index (χ2n) is 3.41. The summed E-state index contributed by atoms with van der Waals surface area (Å²) in [7, 11) is 1.71. The minimum atomic E-state index is -0.845. The van der Waals surface area contributed by atoms with Gasteiger partial charge in [0.2, 0.25) is 0 Å². The molecule has 1 heterocycles. The van der Waals surface area contributed by atoms with Gasteiger partial charge in [-0.2, -0.15) is 5.10 Å². The number of carboxylic acid groups (broad SMARTS) is 1. The summed E-state index contributed by atoms with van der Waals surface area (Å²) in [6.07, 6.45) is 0.529. The van der Waals surface area contributed by atoms with Gasteiger partial charge in [0.1, 0.15) is 6.04 Å². The Balaban J connectivity index is 2.87. The van der Waals surface area contributed by atoms with Gasteiger partial charge < -0.3 is 10.0 Å².